The first-order valence-corrected chi connectivity index (χ1v) is 7.15. The first-order valence-electron chi connectivity index (χ1n) is 7.15. The van der Waals surface area contributed by atoms with Gasteiger partial charge in [-0.2, -0.15) is 0 Å². The molecule has 2 rings (SSSR count). The van der Waals surface area contributed by atoms with Gasteiger partial charge in [0.1, 0.15) is 5.75 Å². The summed E-state index contributed by atoms with van der Waals surface area (Å²) in [6, 6.07) is 7.78. The van der Waals surface area contributed by atoms with Crippen molar-refractivity contribution in [1.29, 1.82) is 0 Å². The summed E-state index contributed by atoms with van der Waals surface area (Å²) in [6.45, 7) is 2.39. The molecule has 110 valence electrons. The van der Waals surface area contributed by atoms with Crippen LogP contribution in [0.1, 0.15) is 44.1 Å². The monoisotopic (exact) mass is 277 g/mol. The van der Waals surface area contributed by atoms with Crippen molar-refractivity contribution >= 4 is 5.91 Å². The summed E-state index contributed by atoms with van der Waals surface area (Å²) in [5.74, 6) is 0.917. The zero-order chi connectivity index (χ0) is 14.6. The third-order valence-electron chi connectivity index (χ3n) is 4.05. The Bertz CT molecular complexity index is 469. The molecule has 0 radical (unpaired) electrons. The molecule has 4 heteroatoms. The van der Waals surface area contributed by atoms with Gasteiger partial charge in [-0.15, -0.1) is 0 Å². The summed E-state index contributed by atoms with van der Waals surface area (Å²) in [4.78, 5) is 11.9. The molecule has 0 spiro atoms. The maximum Gasteiger partial charge on any atom is 0.220 e. The summed E-state index contributed by atoms with van der Waals surface area (Å²) in [5.41, 5.74) is 0.427. The molecule has 4 nitrogen and oxygen atoms in total. The highest BCUT2D eigenvalue weighted by Crippen LogP contribution is 2.30. The molecular weight excluding hydrogens is 254 g/mol. The van der Waals surface area contributed by atoms with Crippen molar-refractivity contribution in [2.75, 3.05) is 13.7 Å². The standard InChI is InChI=1S/C16H23NO3/c1-12(13-5-3-6-14(10-13)20-2)9-15(18)17-11-16(19)7-4-8-16/h3,5-6,10,12,19H,4,7-9,11H2,1-2H3,(H,17,18). The number of aliphatic hydroxyl groups is 1. The van der Waals surface area contributed by atoms with Gasteiger partial charge in [0.25, 0.3) is 0 Å². The van der Waals surface area contributed by atoms with Gasteiger partial charge >= 0.3 is 0 Å². The first kappa shape index (κ1) is 14.9. The van der Waals surface area contributed by atoms with Gasteiger partial charge in [-0.3, -0.25) is 4.79 Å². The van der Waals surface area contributed by atoms with Crippen LogP contribution in [0.2, 0.25) is 0 Å². The lowest BCUT2D eigenvalue weighted by atomic mass is 9.80. The van der Waals surface area contributed by atoms with Crippen molar-refractivity contribution in [3.05, 3.63) is 29.8 Å². The minimum absolute atomic E-state index is 0.0133. The zero-order valence-corrected chi connectivity index (χ0v) is 12.2. The molecule has 1 amide bonds. The van der Waals surface area contributed by atoms with Crippen LogP contribution in [0.25, 0.3) is 0 Å². The Hall–Kier alpha value is -1.55. The second-order valence-corrected chi connectivity index (χ2v) is 5.74. The molecule has 0 heterocycles. The molecule has 2 N–H and O–H groups in total. The second kappa shape index (κ2) is 6.27. The second-order valence-electron chi connectivity index (χ2n) is 5.74. The predicted molar refractivity (Wildman–Crippen MR) is 77.8 cm³/mol. The van der Waals surface area contributed by atoms with E-state index in [4.69, 9.17) is 4.74 Å². The number of amides is 1. The van der Waals surface area contributed by atoms with E-state index < -0.39 is 5.60 Å². The number of ether oxygens (including phenoxy) is 1. The number of hydrogen-bond donors (Lipinski definition) is 2. The Balaban J connectivity index is 1.83. The van der Waals surface area contributed by atoms with Crippen LogP contribution in [0.4, 0.5) is 0 Å². The predicted octanol–water partition coefficient (Wildman–Crippen LogP) is 2.22. The minimum atomic E-state index is -0.658. The Kier molecular flexibility index (Phi) is 4.65. The van der Waals surface area contributed by atoms with Crippen molar-refractivity contribution in [2.24, 2.45) is 0 Å². The molecule has 1 aromatic carbocycles. The molecule has 1 unspecified atom stereocenters. The largest absolute Gasteiger partial charge is 0.497 e. The Morgan fingerprint density at radius 3 is 2.85 bits per heavy atom. The highest BCUT2D eigenvalue weighted by atomic mass is 16.5. The van der Waals surface area contributed by atoms with Gasteiger partial charge in [-0.05, 0) is 42.9 Å². The quantitative estimate of drug-likeness (QED) is 0.838. The van der Waals surface area contributed by atoms with E-state index in [2.05, 4.69) is 5.32 Å². The number of carbonyl (C=O) groups is 1. The van der Waals surface area contributed by atoms with Crippen molar-refractivity contribution in [1.82, 2.24) is 5.32 Å². The summed E-state index contributed by atoms with van der Waals surface area (Å²) >= 11 is 0. The summed E-state index contributed by atoms with van der Waals surface area (Å²) in [7, 11) is 1.63. The van der Waals surface area contributed by atoms with Crippen LogP contribution >= 0.6 is 0 Å². The molecule has 0 bridgehead atoms. The Morgan fingerprint density at radius 2 is 2.25 bits per heavy atom. The zero-order valence-electron chi connectivity index (χ0n) is 12.2. The van der Waals surface area contributed by atoms with Gasteiger partial charge in [0.05, 0.1) is 12.7 Å². The number of hydrogen-bond acceptors (Lipinski definition) is 3. The van der Waals surface area contributed by atoms with Gasteiger partial charge in [0.2, 0.25) is 5.91 Å². The number of nitrogens with one attached hydrogen (secondary N) is 1. The lowest BCUT2D eigenvalue weighted by molar-refractivity contribution is -0.123. The smallest absolute Gasteiger partial charge is 0.220 e. The molecule has 20 heavy (non-hydrogen) atoms. The molecule has 1 aliphatic rings. The maximum atomic E-state index is 11.9. The van der Waals surface area contributed by atoms with Crippen LogP contribution in [0.15, 0.2) is 24.3 Å². The molecular formula is C16H23NO3. The van der Waals surface area contributed by atoms with Crippen LogP contribution in [0.3, 0.4) is 0 Å². The minimum Gasteiger partial charge on any atom is -0.497 e. The number of benzene rings is 1. The topological polar surface area (TPSA) is 58.6 Å². The fourth-order valence-electron chi connectivity index (χ4n) is 2.44. The van der Waals surface area contributed by atoms with E-state index in [0.29, 0.717) is 13.0 Å². The van der Waals surface area contributed by atoms with E-state index in [1.54, 1.807) is 7.11 Å². The van der Waals surface area contributed by atoms with E-state index in [1.807, 2.05) is 31.2 Å². The molecule has 1 saturated carbocycles. The molecule has 1 atom stereocenters. The highest BCUT2D eigenvalue weighted by Gasteiger charge is 2.34. The van der Waals surface area contributed by atoms with E-state index in [-0.39, 0.29) is 11.8 Å². The third kappa shape index (κ3) is 3.73. The van der Waals surface area contributed by atoms with Crippen molar-refractivity contribution < 1.29 is 14.6 Å². The fraction of sp³-hybridized carbons (Fsp3) is 0.562. The average molecular weight is 277 g/mol. The van der Waals surface area contributed by atoms with Gasteiger partial charge in [0.15, 0.2) is 0 Å². The van der Waals surface area contributed by atoms with Gasteiger partial charge < -0.3 is 15.2 Å². The van der Waals surface area contributed by atoms with Crippen LogP contribution in [-0.2, 0) is 4.79 Å². The summed E-state index contributed by atoms with van der Waals surface area (Å²) in [5, 5.41) is 12.8. The maximum absolute atomic E-state index is 11.9. The van der Waals surface area contributed by atoms with Crippen LogP contribution in [0.5, 0.6) is 5.75 Å². The molecule has 0 aromatic heterocycles. The summed E-state index contributed by atoms with van der Waals surface area (Å²) in [6.07, 6.45) is 3.05. The van der Waals surface area contributed by atoms with Crippen molar-refractivity contribution in [2.45, 2.75) is 44.1 Å². The number of carbonyl (C=O) groups excluding carboxylic acids is 1. The van der Waals surface area contributed by atoms with E-state index in [1.165, 1.54) is 0 Å². The number of methoxy groups -OCH3 is 1. The van der Waals surface area contributed by atoms with Crippen molar-refractivity contribution in [3.63, 3.8) is 0 Å². The van der Waals surface area contributed by atoms with Gasteiger partial charge in [-0.1, -0.05) is 19.1 Å². The van der Waals surface area contributed by atoms with Crippen LogP contribution < -0.4 is 10.1 Å². The molecule has 0 aliphatic heterocycles. The normalized spacial score (nSPS) is 17.9. The fourth-order valence-corrected chi connectivity index (χ4v) is 2.44. The van der Waals surface area contributed by atoms with Gasteiger partial charge in [0, 0.05) is 13.0 Å². The van der Waals surface area contributed by atoms with Crippen LogP contribution in [-0.4, -0.2) is 30.3 Å². The van der Waals surface area contributed by atoms with Gasteiger partial charge in [-0.25, -0.2) is 0 Å². The first-order chi connectivity index (χ1) is 9.52. The van der Waals surface area contributed by atoms with E-state index in [0.717, 1.165) is 30.6 Å². The van der Waals surface area contributed by atoms with E-state index in [9.17, 15) is 9.90 Å². The Morgan fingerprint density at radius 1 is 1.50 bits per heavy atom. The molecule has 1 fully saturated rings. The third-order valence-corrected chi connectivity index (χ3v) is 4.05. The van der Waals surface area contributed by atoms with Crippen molar-refractivity contribution in [3.8, 4) is 5.75 Å². The lowest BCUT2D eigenvalue weighted by Gasteiger charge is -2.36. The lowest BCUT2D eigenvalue weighted by Crippen LogP contribution is -2.47. The number of rotatable bonds is 6. The summed E-state index contributed by atoms with van der Waals surface area (Å²) < 4.78 is 5.19. The molecule has 1 aliphatic carbocycles. The SMILES string of the molecule is COc1cccc(C(C)CC(=O)NCC2(O)CCC2)c1. The molecule has 0 saturated heterocycles. The van der Waals surface area contributed by atoms with Crippen LogP contribution in [0, 0.1) is 0 Å². The molecule has 1 aromatic rings. The van der Waals surface area contributed by atoms with E-state index >= 15 is 0 Å². The average Bonchev–Trinajstić information content (AvgIpc) is 2.43. The highest BCUT2D eigenvalue weighted by molar-refractivity contribution is 5.76. The Labute approximate surface area is 120 Å².